The Labute approximate surface area is 614 Å². The maximum absolute atomic E-state index is 13.7. The van der Waals surface area contributed by atoms with Crippen LogP contribution in [-0.2, 0) is 56.1 Å². The van der Waals surface area contributed by atoms with Gasteiger partial charge in [-0.3, -0.25) is 24.2 Å². The fraction of sp³-hybridized carbons (Fsp3) is 0.329. The molecule has 546 valence electrons. The monoisotopic (exact) mass is 1440 g/mol. The normalized spacial score (nSPS) is 20.6. The van der Waals surface area contributed by atoms with E-state index < -0.39 is 42.1 Å². The second kappa shape index (κ2) is 28.6. The smallest absolute Gasteiger partial charge is 0.354 e. The van der Waals surface area contributed by atoms with Crippen LogP contribution in [-0.4, -0.2) is 158 Å². The quantitative estimate of drug-likeness (QED) is 0.0516. The number of benzene rings is 2. The second-order valence-electron chi connectivity index (χ2n) is 28.7. The average Bonchev–Trinajstić information content (AvgIpc) is 0.748. The van der Waals surface area contributed by atoms with E-state index in [0.717, 1.165) is 160 Å². The first-order valence-corrected chi connectivity index (χ1v) is 36.2. The molecule has 0 radical (unpaired) electrons. The van der Waals surface area contributed by atoms with Gasteiger partial charge in [-0.25, -0.2) is 49.3 Å². The Bertz CT molecular complexity index is 5340. The van der Waals surface area contributed by atoms with Crippen molar-refractivity contribution in [2.45, 2.75) is 141 Å². The number of carbonyl (C=O) groups excluding carboxylic acids is 4. The van der Waals surface area contributed by atoms with Crippen molar-refractivity contribution in [3.63, 3.8) is 0 Å². The van der Waals surface area contributed by atoms with E-state index in [9.17, 15) is 48.9 Å². The Morgan fingerprint density at radius 3 is 1.61 bits per heavy atom. The third-order valence-electron chi connectivity index (χ3n) is 21.8. The molecule has 6 unspecified atom stereocenters. The summed E-state index contributed by atoms with van der Waals surface area (Å²) in [7, 11) is 0. The molecule has 9 aromatic rings. The van der Waals surface area contributed by atoms with Crippen LogP contribution in [0.15, 0.2) is 108 Å². The molecule has 28 heteroatoms. The summed E-state index contributed by atoms with van der Waals surface area (Å²) in [5.41, 5.74) is 17.5. The third-order valence-corrected chi connectivity index (χ3v) is 21.8. The molecule has 3 aliphatic carbocycles. The molecule has 4 amide bonds. The van der Waals surface area contributed by atoms with Crippen molar-refractivity contribution in [1.29, 1.82) is 0 Å². The van der Waals surface area contributed by atoms with Crippen LogP contribution in [0.1, 0.15) is 147 Å². The number of anilines is 3. The number of rotatable bonds is 12. The zero-order valence-corrected chi connectivity index (χ0v) is 59.5. The number of carboxylic acid groups (broad SMARTS) is 3. The molecule has 17 rings (SSSR count). The van der Waals surface area contributed by atoms with Gasteiger partial charge in [0.15, 0.2) is 17.3 Å². The highest BCUT2D eigenvalue weighted by molar-refractivity contribution is 6.15. The average molecular weight is 1440 g/mol. The van der Waals surface area contributed by atoms with E-state index in [-0.39, 0.29) is 47.1 Å². The summed E-state index contributed by atoms with van der Waals surface area (Å²) >= 11 is 0. The molecule has 7 aromatic heterocycles. The summed E-state index contributed by atoms with van der Waals surface area (Å²) in [5.74, 6) is -3.65. The number of pyridine rings is 7. The van der Waals surface area contributed by atoms with Crippen molar-refractivity contribution in [3.05, 3.63) is 188 Å². The molecule has 0 saturated carbocycles. The molecular formula is C79H78N18O10-2. The van der Waals surface area contributed by atoms with E-state index in [0.29, 0.717) is 95.0 Å². The van der Waals surface area contributed by atoms with Crippen LogP contribution in [0.2, 0.25) is 0 Å². The molecule has 2 aromatic carbocycles. The van der Waals surface area contributed by atoms with Gasteiger partial charge in [0.2, 0.25) is 23.6 Å². The van der Waals surface area contributed by atoms with Crippen molar-refractivity contribution in [1.82, 2.24) is 71.3 Å². The largest absolute Gasteiger partial charge is 0.480 e. The molecule has 12 heterocycles. The first-order chi connectivity index (χ1) is 51.6. The number of amides is 4. The minimum Gasteiger partial charge on any atom is -0.480 e. The Hall–Kier alpha value is -11.3. The molecular weight excluding hydrogens is 1360 g/mol. The zero-order chi connectivity index (χ0) is 74.2. The fourth-order valence-electron chi connectivity index (χ4n) is 15.9. The second-order valence-corrected chi connectivity index (χ2v) is 28.7. The number of carboxylic acids is 3. The summed E-state index contributed by atoms with van der Waals surface area (Å²) in [4.78, 5) is 129. The van der Waals surface area contributed by atoms with Crippen LogP contribution in [0.5, 0.6) is 0 Å². The van der Waals surface area contributed by atoms with E-state index in [4.69, 9.17) is 24.9 Å². The number of hydrogen-bond acceptors (Lipinski definition) is 21. The highest BCUT2D eigenvalue weighted by Gasteiger charge is 2.35. The van der Waals surface area contributed by atoms with Crippen LogP contribution in [0.25, 0.3) is 55.6 Å². The van der Waals surface area contributed by atoms with Crippen molar-refractivity contribution >= 4 is 97.3 Å². The van der Waals surface area contributed by atoms with E-state index in [1.54, 1.807) is 19.1 Å². The van der Waals surface area contributed by atoms with Gasteiger partial charge in [0.1, 0.15) is 23.2 Å². The van der Waals surface area contributed by atoms with Gasteiger partial charge in [0, 0.05) is 53.5 Å². The summed E-state index contributed by atoms with van der Waals surface area (Å²) in [5, 5.41) is 58.0. The Morgan fingerprint density at radius 1 is 0.542 bits per heavy atom. The lowest BCUT2D eigenvalue weighted by Gasteiger charge is -2.57. The van der Waals surface area contributed by atoms with Gasteiger partial charge in [-0.1, -0.05) is 30.3 Å². The zero-order valence-electron chi connectivity index (χ0n) is 59.5. The fourth-order valence-corrected chi connectivity index (χ4v) is 15.9. The lowest BCUT2D eigenvalue weighted by molar-refractivity contribution is -0.138. The molecule has 0 bridgehead atoms. The van der Waals surface area contributed by atoms with E-state index >= 15 is 0 Å². The Kier molecular flexibility index (Phi) is 18.7. The summed E-state index contributed by atoms with van der Waals surface area (Å²) in [6.07, 6.45) is 15.2. The number of allylic oxidation sites excluding steroid dienone is 1. The van der Waals surface area contributed by atoms with E-state index in [1.165, 1.54) is 13.0 Å². The van der Waals surface area contributed by atoms with E-state index in [1.807, 2.05) is 73.9 Å². The Balaban J connectivity index is 0.000000164. The predicted octanol–water partition coefficient (Wildman–Crippen LogP) is 8.00. The third kappa shape index (κ3) is 13.8. The maximum Gasteiger partial charge on any atom is 0.354 e. The van der Waals surface area contributed by atoms with Crippen molar-refractivity contribution in [2.24, 2.45) is 4.99 Å². The van der Waals surface area contributed by atoms with Gasteiger partial charge in [0.25, 0.3) is 0 Å². The van der Waals surface area contributed by atoms with Gasteiger partial charge in [-0.15, -0.1) is 12.6 Å². The summed E-state index contributed by atoms with van der Waals surface area (Å²) in [6, 6.07) is 21.2. The first-order valence-electron chi connectivity index (χ1n) is 36.2. The number of aliphatic carboxylic acids is 1. The molecule has 0 spiro atoms. The standard InChI is InChI=1S/C40H40N9O5.C39H38N9O5/c1-20-29-18-25-5-4-24-8-11-33(39(53)54)45-34(24)35(25)48-36(29)41-19-30(20)31-12-14-49-15-13-32(47-40(49)46-31)38(52)42-21(2)37(51)44-28-10-7-23-6-9-27(43-22(3)50)16-26(23)17-28;1-18-15-30(45-34-23(18)8-5-21-7-10-29(38(52)53)42-32(21)34)46-36(49)27-12-14-48-13-11-26(43-39(48)44-27)25-17-40-35-24(19(25)2)16-22-4-3-20-6-9-28(37(50)51)41-31(20)33(22)47-35/h6-11,16-19,21,31-32,46-47H,4-5,12-15H2,1-3H3,(H,42,52)(H,43,50)(H,44,51)(H,53,54);6-7,9,15-17,26-27,29,43-44H,3-5,8,10-14H2,1-2H3,(H,50,51)(H,52,53)(H,45,46,49)/q2*-1. The number of aromatic carboxylic acids is 2. The molecule has 4 saturated heterocycles. The van der Waals surface area contributed by atoms with Gasteiger partial charge >= 0.3 is 17.9 Å². The van der Waals surface area contributed by atoms with Crippen LogP contribution < -0.4 is 42.5 Å². The van der Waals surface area contributed by atoms with Crippen LogP contribution in [0.3, 0.4) is 0 Å². The number of aromatic nitrogens is 7. The number of aliphatic imine (C=N–C) groups is 1. The van der Waals surface area contributed by atoms with Gasteiger partial charge < -0.3 is 67.7 Å². The molecule has 6 atom stereocenters. The SMILES string of the molecule is CC(=O)Nc1ccc2ccc(NC(=O)C(C)NC(=O)C3CCN4CCC(c5cnc6nc7c(cc6c5C)CCc5ccc(C(=O)O)nc5-7)N[C-]4N3)cc2c1.Cc1cc(NC(=O)C2CCN3CCC(c4cnc5nc6c(cc5c4C)CCc4ccc(C(=O)O)nc4-6)N[C-]3N2)nc2c1CCC1=CCC(C(=O)O)N=C12. The summed E-state index contributed by atoms with van der Waals surface area (Å²) in [6.45, 7) is 12.2. The van der Waals surface area contributed by atoms with E-state index in [2.05, 4.69) is 93.3 Å². The number of nitrogens with one attached hydrogen (secondary N) is 8. The number of dihydropyridines is 1. The first kappa shape index (κ1) is 70.1. The highest BCUT2D eigenvalue weighted by Crippen LogP contribution is 2.40. The number of hydrogen-bond donors (Lipinski definition) is 11. The molecule has 5 aliphatic heterocycles. The van der Waals surface area contributed by atoms with Crippen LogP contribution in [0.4, 0.5) is 17.2 Å². The number of aryl methyl sites for hydroxylation is 7. The van der Waals surface area contributed by atoms with Crippen molar-refractivity contribution in [3.8, 4) is 22.8 Å². The molecule has 107 heavy (non-hydrogen) atoms. The lowest BCUT2D eigenvalue weighted by atomic mass is 9.85. The minimum atomic E-state index is -1.07. The molecule has 11 N–H and O–H groups in total. The van der Waals surface area contributed by atoms with Crippen LogP contribution >= 0.6 is 0 Å². The number of carbonyl (C=O) groups is 7. The Morgan fingerprint density at radius 2 is 1.07 bits per heavy atom. The van der Waals surface area contributed by atoms with Crippen LogP contribution in [0, 0.1) is 33.4 Å². The topological polar surface area (TPSA) is 385 Å². The number of fused-ring (bicyclic) bond motifs is 14. The maximum atomic E-state index is 13.7. The van der Waals surface area contributed by atoms with Gasteiger partial charge in [0.05, 0.1) is 46.3 Å². The minimum absolute atomic E-state index is 0.00241. The highest BCUT2D eigenvalue weighted by atomic mass is 16.4. The van der Waals surface area contributed by atoms with Crippen molar-refractivity contribution in [2.75, 3.05) is 42.1 Å². The lowest BCUT2D eigenvalue weighted by Crippen LogP contribution is -2.63. The van der Waals surface area contributed by atoms with Gasteiger partial charge in [-0.05, 0) is 251 Å². The van der Waals surface area contributed by atoms with Gasteiger partial charge in [-0.2, -0.15) is 0 Å². The van der Waals surface area contributed by atoms with Crippen molar-refractivity contribution < 1.29 is 48.9 Å². The molecule has 4 fully saturated rings. The summed E-state index contributed by atoms with van der Waals surface area (Å²) < 4.78 is 0. The number of nitrogens with zero attached hydrogens (tertiary/aromatic N) is 10. The predicted molar refractivity (Wildman–Crippen MR) is 399 cm³/mol. The molecule has 8 aliphatic rings. The molecule has 28 nitrogen and oxygen atoms in total.